The minimum Gasteiger partial charge on any atom is -0.358 e. The van der Waals surface area contributed by atoms with Crippen molar-refractivity contribution in [1.82, 2.24) is 15.5 Å². The van der Waals surface area contributed by atoms with Crippen molar-refractivity contribution in [3.8, 4) is 0 Å². The average molecular weight is 257 g/mol. The lowest BCUT2D eigenvalue weighted by Crippen LogP contribution is -2.39. The van der Waals surface area contributed by atoms with E-state index in [4.69, 9.17) is 4.74 Å². The van der Waals surface area contributed by atoms with E-state index >= 15 is 0 Å². The summed E-state index contributed by atoms with van der Waals surface area (Å²) in [6.07, 6.45) is 3.41. The van der Waals surface area contributed by atoms with Crippen LogP contribution in [0.1, 0.15) is 26.2 Å². The first-order valence-electron chi connectivity index (χ1n) is 6.44. The molecule has 2 atom stereocenters. The number of likely N-dealkylation sites (tertiary alicyclic amines) is 1. The van der Waals surface area contributed by atoms with Crippen molar-refractivity contribution in [2.75, 3.05) is 26.7 Å². The van der Waals surface area contributed by atoms with Gasteiger partial charge < -0.3 is 20.3 Å². The van der Waals surface area contributed by atoms with Gasteiger partial charge in [-0.2, -0.15) is 0 Å². The van der Waals surface area contributed by atoms with Gasteiger partial charge in [-0.1, -0.05) is 0 Å². The van der Waals surface area contributed by atoms with Gasteiger partial charge >= 0.3 is 0 Å². The molecule has 2 unspecified atom stereocenters. The molecule has 18 heavy (non-hydrogen) atoms. The number of amides is 2. The zero-order chi connectivity index (χ0) is 13.4. The van der Waals surface area contributed by atoms with E-state index in [9.17, 15) is 9.59 Å². The summed E-state index contributed by atoms with van der Waals surface area (Å²) in [5, 5.41) is 5.67. The van der Waals surface area contributed by atoms with E-state index in [2.05, 4.69) is 10.6 Å². The summed E-state index contributed by atoms with van der Waals surface area (Å²) < 4.78 is 5.65. The molecule has 0 aromatic carbocycles. The number of carbonyl (C=O) groups excluding carboxylic acids is 2. The summed E-state index contributed by atoms with van der Waals surface area (Å²) in [7, 11) is 1.74. The molecular formula is C12H23N3O3. The Kier molecular flexibility index (Phi) is 6.67. The third kappa shape index (κ3) is 5.01. The van der Waals surface area contributed by atoms with Crippen molar-refractivity contribution >= 4 is 12.3 Å². The van der Waals surface area contributed by atoms with Crippen LogP contribution in [0.4, 0.5) is 0 Å². The van der Waals surface area contributed by atoms with Gasteiger partial charge in [-0.25, -0.2) is 0 Å². The molecule has 1 aliphatic heterocycles. The molecule has 2 N–H and O–H groups in total. The molecule has 1 saturated heterocycles. The Balaban J connectivity index is 2.13. The van der Waals surface area contributed by atoms with Gasteiger partial charge in [0.1, 0.15) is 6.23 Å². The first-order chi connectivity index (χ1) is 8.67. The molecule has 0 bridgehead atoms. The summed E-state index contributed by atoms with van der Waals surface area (Å²) in [5.41, 5.74) is 0. The maximum Gasteiger partial charge on any atom is 0.234 e. The summed E-state index contributed by atoms with van der Waals surface area (Å²) >= 11 is 0. The first kappa shape index (κ1) is 14.9. The van der Waals surface area contributed by atoms with Crippen molar-refractivity contribution in [3.63, 3.8) is 0 Å². The molecule has 1 heterocycles. The average Bonchev–Trinajstić information content (AvgIpc) is 2.76. The van der Waals surface area contributed by atoms with Crippen LogP contribution in [0.3, 0.4) is 0 Å². The van der Waals surface area contributed by atoms with E-state index in [-0.39, 0.29) is 18.2 Å². The number of nitrogens with zero attached hydrogens (tertiary/aromatic N) is 1. The highest BCUT2D eigenvalue weighted by molar-refractivity contribution is 5.78. The van der Waals surface area contributed by atoms with Gasteiger partial charge in [-0.3, -0.25) is 9.59 Å². The normalized spacial score (nSPS) is 20.8. The maximum atomic E-state index is 11.3. The summed E-state index contributed by atoms with van der Waals surface area (Å²) in [6.45, 7) is 3.61. The van der Waals surface area contributed by atoms with E-state index in [0.29, 0.717) is 13.2 Å². The van der Waals surface area contributed by atoms with E-state index in [1.807, 2.05) is 6.92 Å². The molecule has 0 spiro atoms. The van der Waals surface area contributed by atoms with E-state index < -0.39 is 0 Å². The molecule has 6 heteroatoms. The van der Waals surface area contributed by atoms with Gasteiger partial charge in [0.25, 0.3) is 0 Å². The molecule has 1 aliphatic rings. The van der Waals surface area contributed by atoms with Crippen molar-refractivity contribution < 1.29 is 14.3 Å². The monoisotopic (exact) mass is 257 g/mol. The Bertz CT molecular complexity index is 273. The molecule has 0 saturated carbocycles. The van der Waals surface area contributed by atoms with Gasteiger partial charge in [0.2, 0.25) is 12.3 Å². The van der Waals surface area contributed by atoms with Gasteiger partial charge in [0.05, 0.1) is 13.2 Å². The van der Waals surface area contributed by atoms with Crippen LogP contribution in [-0.4, -0.2) is 56.2 Å². The van der Waals surface area contributed by atoms with Gasteiger partial charge in [0.15, 0.2) is 0 Å². The zero-order valence-corrected chi connectivity index (χ0v) is 11.1. The van der Waals surface area contributed by atoms with Gasteiger partial charge in [-0.05, 0) is 33.2 Å². The van der Waals surface area contributed by atoms with E-state index in [1.165, 1.54) is 0 Å². The number of carbonyl (C=O) groups is 2. The quantitative estimate of drug-likeness (QED) is 0.586. The second-order valence-electron chi connectivity index (χ2n) is 4.60. The lowest BCUT2D eigenvalue weighted by atomic mass is 10.2. The predicted molar refractivity (Wildman–Crippen MR) is 67.9 cm³/mol. The predicted octanol–water partition coefficient (Wildman–Crippen LogP) is -0.304. The molecule has 0 aromatic rings. The van der Waals surface area contributed by atoms with Crippen LogP contribution < -0.4 is 10.6 Å². The molecule has 0 radical (unpaired) electrons. The third-order valence-electron chi connectivity index (χ3n) is 2.98. The number of likely N-dealkylation sites (N-methyl/N-ethyl adjacent to an activating group) is 1. The van der Waals surface area contributed by atoms with E-state index in [0.717, 1.165) is 32.2 Å². The first-order valence-corrected chi connectivity index (χ1v) is 6.44. The molecule has 2 amide bonds. The highest BCUT2D eigenvalue weighted by Crippen LogP contribution is 2.16. The van der Waals surface area contributed by atoms with Gasteiger partial charge in [0, 0.05) is 12.6 Å². The second kappa shape index (κ2) is 8.05. The van der Waals surface area contributed by atoms with Crippen LogP contribution in [0.2, 0.25) is 0 Å². The zero-order valence-electron chi connectivity index (χ0n) is 11.1. The molecule has 0 aliphatic carbocycles. The second-order valence-corrected chi connectivity index (χ2v) is 4.60. The fourth-order valence-electron chi connectivity index (χ4n) is 2.00. The summed E-state index contributed by atoms with van der Waals surface area (Å²) in [6, 6.07) is 0.0805. The summed E-state index contributed by atoms with van der Waals surface area (Å²) in [4.78, 5) is 23.7. The maximum absolute atomic E-state index is 11.3. The Morgan fingerprint density at radius 3 is 3.06 bits per heavy atom. The van der Waals surface area contributed by atoms with Crippen LogP contribution in [0.15, 0.2) is 0 Å². The van der Waals surface area contributed by atoms with Crippen LogP contribution in [-0.2, 0) is 14.3 Å². The third-order valence-corrected chi connectivity index (χ3v) is 2.98. The van der Waals surface area contributed by atoms with Crippen LogP contribution in [0.25, 0.3) is 0 Å². The van der Waals surface area contributed by atoms with Crippen molar-refractivity contribution in [3.05, 3.63) is 0 Å². The number of rotatable bonds is 8. The fourth-order valence-corrected chi connectivity index (χ4v) is 2.00. The summed E-state index contributed by atoms with van der Waals surface area (Å²) in [5.74, 6) is -0.0135. The van der Waals surface area contributed by atoms with Crippen molar-refractivity contribution in [1.29, 1.82) is 0 Å². The number of hydrogen-bond acceptors (Lipinski definition) is 4. The van der Waals surface area contributed by atoms with Crippen LogP contribution in [0, 0.1) is 0 Å². The minimum atomic E-state index is -0.0808. The lowest BCUT2D eigenvalue weighted by Gasteiger charge is -2.21. The largest absolute Gasteiger partial charge is 0.358 e. The molecule has 0 aromatic heterocycles. The SMILES string of the molecule is CNCC(=O)NC(C)CCOC1CCCN1C=O. The molecule has 1 fully saturated rings. The Morgan fingerprint density at radius 1 is 1.61 bits per heavy atom. The molecular weight excluding hydrogens is 234 g/mol. The van der Waals surface area contributed by atoms with Crippen LogP contribution >= 0.6 is 0 Å². The molecule has 104 valence electrons. The van der Waals surface area contributed by atoms with Crippen molar-refractivity contribution in [2.45, 2.75) is 38.5 Å². The Labute approximate surface area is 108 Å². The smallest absolute Gasteiger partial charge is 0.234 e. The van der Waals surface area contributed by atoms with Crippen LogP contribution in [0.5, 0.6) is 0 Å². The number of ether oxygens (including phenoxy) is 1. The van der Waals surface area contributed by atoms with Crippen molar-refractivity contribution in [2.24, 2.45) is 0 Å². The lowest BCUT2D eigenvalue weighted by molar-refractivity contribution is -0.128. The molecule has 6 nitrogen and oxygen atoms in total. The molecule has 1 rings (SSSR count). The Hall–Kier alpha value is -1.14. The minimum absolute atomic E-state index is 0.0135. The highest BCUT2D eigenvalue weighted by Gasteiger charge is 2.23. The highest BCUT2D eigenvalue weighted by atomic mass is 16.5. The van der Waals surface area contributed by atoms with Gasteiger partial charge in [-0.15, -0.1) is 0 Å². The Morgan fingerprint density at radius 2 is 2.39 bits per heavy atom. The number of nitrogens with one attached hydrogen (secondary N) is 2. The standard InChI is InChI=1S/C12H23N3O3/c1-10(14-11(17)8-13-2)5-7-18-12-4-3-6-15(12)9-16/h9-10,12-13H,3-8H2,1-2H3,(H,14,17). The van der Waals surface area contributed by atoms with E-state index in [1.54, 1.807) is 11.9 Å². The number of hydrogen-bond donors (Lipinski definition) is 2. The topological polar surface area (TPSA) is 70.7 Å². The fraction of sp³-hybridized carbons (Fsp3) is 0.833.